The molecule has 5 heteroatoms. The van der Waals surface area contributed by atoms with Gasteiger partial charge in [-0.3, -0.25) is 0 Å². The summed E-state index contributed by atoms with van der Waals surface area (Å²) in [6.07, 6.45) is 0.595. The number of ether oxygens (including phenoxy) is 1. The van der Waals surface area contributed by atoms with Crippen LogP contribution in [0.5, 0.6) is 5.75 Å². The van der Waals surface area contributed by atoms with Gasteiger partial charge in [0.1, 0.15) is 5.75 Å². The standard InChI is InChI=1S/C7H8O.C5H10O3.Ca.2H/c1-6-4-2-3-5-7(6)8;1-2-3-4-8-5(6)7;;;/h2-5,8H,1H3;2-4H2,1H3,(H,6,7);;;/q;;+2;2*-1. The number of phenolic OH excluding ortho intramolecular Hbond substituents is 1. The average molecular weight is 268 g/mol. The number of carboxylic acid groups (broad SMARTS) is 1. The first-order valence-electron chi connectivity index (χ1n) is 5.18. The van der Waals surface area contributed by atoms with Crippen molar-refractivity contribution < 1.29 is 22.6 Å². The number of rotatable bonds is 3. The van der Waals surface area contributed by atoms with Crippen molar-refractivity contribution in [2.45, 2.75) is 26.7 Å². The molecular weight excluding hydrogens is 248 g/mol. The van der Waals surface area contributed by atoms with E-state index < -0.39 is 6.16 Å². The quantitative estimate of drug-likeness (QED) is 0.502. The van der Waals surface area contributed by atoms with E-state index in [1.807, 2.05) is 32.0 Å². The Bertz CT molecular complexity index is 303. The smallest absolute Gasteiger partial charge is 1.00 e. The molecule has 94 valence electrons. The fourth-order valence-electron chi connectivity index (χ4n) is 0.867. The molecule has 0 atom stereocenters. The van der Waals surface area contributed by atoms with E-state index in [9.17, 15) is 4.79 Å². The van der Waals surface area contributed by atoms with E-state index in [0.29, 0.717) is 12.4 Å². The zero-order chi connectivity index (χ0) is 12.4. The number of aromatic hydroxyl groups is 1. The minimum absolute atomic E-state index is 0. The maximum Gasteiger partial charge on any atom is 2.00 e. The van der Waals surface area contributed by atoms with Gasteiger partial charge in [0.25, 0.3) is 0 Å². The van der Waals surface area contributed by atoms with E-state index in [4.69, 9.17) is 10.2 Å². The van der Waals surface area contributed by atoms with Crippen molar-refractivity contribution >= 4 is 43.9 Å². The second-order valence-corrected chi connectivity index (χ2v) is 3.25. The van der Waals surface area contributed by atoms with Gasteiger partial charge in [-0.05, 0) is 25.0 Å². The van der Waals surface area contributed by atoms with Gasteiger partial charge in [0.05, 0.1) is 6.61 Å². The van der Waals surface area contributed by atoms with Crippen LogP contribution >= 0.6 is 0 Å². The number of hydrogen-bond acceptors (Lipinski definition) is 3. The molecular formula is C12H20CaO4. The first kappa shape index (κ1) is 18.9. The average Bonchev–Trinajstić information content (AvgIpc) is 2.23. The number of phenols is 1. The third-order valence-electron chi connectivity index (χ3n) is 1.84. The number of unbranched alkanes of at least 4 members (excludes halogenated alkanes) is 1. The molecule has 0 aromatic heterocycles. The summed E-state index contributed by atoms with van der Waals surface area (Å²) in [7, 11) is 0. The molecule has 17 heavy (non-hydrogen) atoms. The molecule has 4 nitrogen and oxygen atoms in total. The molecule has 2 N–H and O–H groups in total. The molecule has 1 rings (SSSR count). The Labute approximate surface area is 135 Å². The summed E-state index contributed by atoms with van der Waals surface area (Å²) in [5.41, 5.74) is 0.924. The van der Waals surface area contributed by atoms with Crippen LogP contribution in [0.2, 0.25) is 0 Å². The Morgan fingerprint density at radius 2 is 2.00 bits per heavy atom. The molecule has 0 amide bonds. The van der Waals surface area contributed by atoms with Crippen molar-refractivity contribution in [3.05, 3.63) is 29.8 Å². The minimum Gasteiger partial charge on any atom is -1.00 e. The maximum absolute atomic E-state index is 9.65. The van der Waals surface area contributed by atoms with Gasteiger partial charge in [0, 0.05) is 0 Å². The Kier molecular flexibility index (Phi) is 13.4. The molecule has 1 aromatic carbocycles. The van der Waals surface area contributed by atoms with E-state index in [0.717, 1.165) is 18.4 Å². The fraction of sp³-hybridized carbons (Fsp3) is 0.417. The van der Waals surface area contributed by atoms with E-state index in [1.165, 1.54) is 0 Å². The van der Waals surface area contributed by atoms with E-state index in [2.05, 4.69) is 4.74 Å². The topological polar surface area (TPSA) is 66.8 Å². The minimum atomic E-state index is -1.18. The van der Waals surface area contributed by atoms with Crippen molar-refractivity contribution in [3.8, 4) is 5.75 Å². The molecule has 0 bridgehead atoms. The Morgan fingerprint density at radius 3 is 2.35 bits per heavy atom. The Hall–Kier alpha value is -0.450. The van der Waals surface area contributed by atoms with Gasteiger partial charge in [-0.15, -0.1) is 0 Å². The SMILES string of the molecule is CCCCOC(=O)O.Cc1ccccc1O.[Ca+2].[H-].[H-]. The number of carbonyl (C=O) groups is 1. The summed E-state index contributed by atoms with van der Waals surface area (Å²) in [5, 5.41) is 16.8. The molecule has 0 saturated carbocycles. The van der Waals surface area contributed by atoms with E-state index in [1.54, 1.807) is 6.07 Å². The predicted octanol–water partition coefficient (Wildman–Crippen LogP) is 3.03. The largest absolute Gasteiger partial charge is 2.00 e. The number of para-hydroxylation sites is 1. The number of hydrogen-bond donors (Lipinski definition) is 2. The van der Waals surface area contributed by atoms with Crippen LogP contribution in [-0.4, -0.2) is 60.7 Å². The van der Waals surface area contributed by atoms with Crippen molar-refractivity contribution in [2.24, 2.45) is 0 Å². The number of benzene rings is 1. The van der Waals surface area contributed by atoms with Crippen LogP contribution in [0.15, 0.2) is 24.3 Å². The summed E-state index contributed by atoms with van der Waals surface area (Å²) in [5.74, 6) is 0.368. The van der Waals surface area contributed by atoms with Gasteiger partial charge in [-0.1, -0.05) is 31.5 Å². The summed E-state index contributed by atoms with van der Waals surface area (Å²) in [4.78, 5) is 9.65. The molecule has 0 radical (unpaired) electrons. The first-order chi connectivity index (χ1) is 7.57. The monoisotopic (exact) mass is 268 g/mol. The summed E-state index contributed by atoms with van der Waals surface area (Å²) < 4.78 is 4.20. The third-order valence-corrected chi connectivity index (χ3v) is 1.84. The molecule has 0 aliphatic heterocycles. The van der Waals surface area contributed by atoms with Gasteiger partial charge in [0.15, 0.2) is 0 Å². The van der Waals surface area contributed by atoms with Gasteiger partial charge >= 0.3 is 43.9 Å². The molecule has 0 spiro atoms. The van der Waals surface area contributed by atoms with Crippen LogP contribution in [0.1, 0.15) is 28.2 Å². The van der Waals surface area contributed by atoms with Crippen LogP contribution in [0, 0.1) is 6.92 Å². The van der Waals surface area contributed by atoms with Gasteiger partial charge in [-0.2, -0.15) is 0 Å². The van der Waals surface area contributed by atoms with Crippen molar-refractivity contribution in [1.82, 2.24) is 0 Å². The zero-order valence-electron chi connectivity index (χ0n) is 12.3. The third kappa shape index (κ3) is 11.8. The molecule has 1 aromatic rings. The predicted molar refractivity (Wildman–Crippen MR) is 69.7 cm³/mol. The van der Waals surface area contributed by atoms with Crippen molar-refractivity contribution in [2.75, 3.05) is 6.61 Å². The number of aryl methyl sites for hydroxylation is 1. The van der Waals surface area contributed by atoms with Gasteiger partial charge in [0.2, 0.25) is 0 Å². The normalized spacial score (nSPS) is 8.35. The Morgan fingerprint density at radius 1 is 1.41 bits per heavy atom. The van der Waals surface area contributed by atoms with Crippen molar-refractivity contribution in [1.29, 1.82) is 0 Å². The second kappa shape index (κ2) is 12.0. The van der Waals surface area contributed by atoms with Crippen LogP contribution in [0.3, 0.4) is 0 Å². The summed E-state index contributed by atoms with van der Waals surface area (Å²) >= 11 is 0. The second-order valence-electron chi connectivity index (χ2n) is 3.25. The van der Waals surface area contributed by atoms with Crippen molar-refractivity contribution in [3.63, 3.8) is 0 Å². The molecule has 0 aliphatic rings. The molecule has 0 aliphatic carbocycles. The first-order valence-corrected chi connectivity index (χ1v) is 5.18. The van der Waals surface area contributed by atoms with Crippen LogP contribution in [-0.2, 0) is 4.74 Å². The van der Waals surface area contributed by atoms with E-state index in [-0.39, 0.29) is 40.6 Å². The Balaban J connectivity index is -0.000000102. The maximum atomic E-state index is 9.65. The van der Waals surface area contributed by atoms with E-state index >= 15 is 0 Å². The van der Waals surface area contributed by atoms with Crippen LogP contribution in [0.4, 0.5) is 4.79 Å². The van der Waals surface area contributed by atoms with Crippen LogP contribution in [0.25, 0.3) is 0 Å². The molecule has 0 unspecified atom stereocenters. The molecule has 0 heterocycles. The fourth-order valence-corrected chi connectivity index (χ4v) is 0.867. The van der Waals surface area contributed by atoms with Crippen LogP contribution < -0.4 is 0 Å². The molecule has 0 saturated heterocycles. The zero-order valence-corrected chi connectivity index (χ0v) is 12.6. The molecule has 0 fully saturated rings. The summed E-state index contributed by atoms with van der Waals surface area (Å²) in [6.45, 7) is 4.17. The van der Waals surface area contributed by atoms with Gasteiger partial charge < -0.3 is 17.8 Å². The summed E-state index contributed by atoms with van der Waals surface area (Å²) in [6, 6.07) is 7.25. The van der Waals surface area contributed by atoms with Gasteiger partial charge in [-0.25, -0.2) is 4.79 Å².